The minimum Gasteiger partial charge on any atom is -0.493 e. The van der Waals surface area contributed by atoms with Crippen LogP contribution in [0.5, 0.6) is 5.75 Å². The second-order valence-corrected chi connectivity index (χ2v) is 5.58. The van der Waals surface area contributed by atoms with Gasteiger partial charge in [0, 0.05) is 11.1 Å². The summed E-state index contributed by atoms with van der Waals surface area (Å²) in [5.74, 6) is -0.650. The fourth-order valence-corrected chi connectivity index (χ4v) is 2.54. The fourth-order valence-electron chi connectivity index (χ4n) is 2.54. The molecular formula is C20H17NO6. The van der Waals surface area contributed by atoms with E-state index in [-0.39, 0.29) is 17.8 Å². The van der Waals surface area contributed by atoms with Crippen molar-refractivity contribution in [2.24, 2.45) is 0 Å². The number of fused-ring (bicyclic) bond motifs is 1. The van der Waals surface area contributed by atoms with Crippen LogP contribution in [0.4, 0.5) is 5.69 Å². The van der Waals surface area contributed by atoms with Crippen LogP contribution >= 0.6 is 0 Å². The highest BCUT2D eigenvalue weighted by Gasteiger charge is 2.16. The first-order chi connectivity index (χ1) is 13.0. The topological polar surface area (TPSA) is 94.8 Å². The van der Waals surface area contributed by atoms with Gasteiger partial charge in [-0.05, 0) is 43.3 Å². The summed E-state index contributed by atoms with van der Waals surface area (Å²) < 4.78 is 15.3. The largest absolute Gasteiger partial charge is 0.493 e. The van der Waals surface area contributed by atoms with E-state index in [2.05, 4.69) is 5.32 Å². The predicted molar refractivity (Wildman–Crippen MR) is 99.4 cm³/mol. The molecule has 0 aliphatic rings. The lowest BCUT2D eigenvalue weighted by molar-refractivity contribution is 0.0526. The molecule has 3 rings (SSSR count). The van der Waals surface area contributed by atoms with Crippen molar-refractivity contribution in [1.82, 2.24) is 0 Å². The van der Waals surface area contributed by atoms with Crippen LogP contribution in [0.2, 0.25) is 0 Å². The van der Waals surface area contributed by atoms with Gasteiger partial charge < -0.3 is 19.2 Å². The Balaban J connectivity index is 1.85. The zero-order chi connectivity index (χ0) is 19.4. The molecule has 0 unspecified atom stereocenters. The molecule has 1 N–H and O–H groups in total. The summed E-state index contributed by atoms with van der Waals surface area (Å²) in [4.78, 5) is 36.3. The average Bonchev–Trinajstić information content (AvgIpc) is 2.67. The standard InChI is InChI=1S/C20H17NO6/c1-3-26-19(23)12-7-9-14(10-8-12)21-18(22)15-11-13-5-4-6-16(25-2)17(13)27-20(15)24/h4-11H,3H2,1-2H3,(H,21,22). The van der Waals surface area contributed by atoms with E-state index in [0.29, 0.717) is 22.4 Å². The number of nitrogens with one attached hydrogen (secondary N) is 1. The highest BCUT2D eigenvalue weighted by Crippen LogP contribution is 2.24. The normalized spacial score (nSPS) is 10.4. The summed E-state index contributed by atoms with van der Waals surface area (Å²) >= 11 is 0. The Bertz CT molecular complexity index is 1050. The predicted octanol–water partition coefficient (Wildman–Crippen LogP) is 3.23. The van der Waals surface area contributed by atoms with Gasteiger partial charge in [-0.15, -0.1) is 0 Å². The zero-order valence-electron chi connectivity index (χ0n) is 14.8. The summed E-state index contributed by atoms with van der Waals surface area (Å²) in [6, 6.07) is 12.7. The number of hydrogen-bond donors (Lipinski definition) is 1. The lowest BCUT2D eigenvalue weighted by Crippen LogP contribution is -2.20. The molecular weight excluding hydrogens is 350 g/mol. The molecule has 0 aliphatic heterocycles. The molecule has 0 atom stereocenters. The Labute approximate surface area is 154 Å². The van der Waals surface area contributed by atoms with E-state index >= 15 is 0 Å². The first-order valence-corrected chi connectivity index (χ1v) is 8.23. The number of rotatable bonds is 5. The van der Waals surface area contributed by atoms with Gasteiger partial charge in [0.25, 0.3) is 5.91 Å². The molecule has 1 amide bonds. The number of anilines is 1. The number of benzene rings is 2. The third-order valence-corrected chi connectivity index (χ3v) is 3.84. The van der Waals surface area contributed by atoms with Gasteiger partial charge in [-0.25, -0.2) is 9.59 Å². The van der Waals surface area contributed by atoms with Crippen LogP contribution < -0.4 is 15.7 Å². The quantitative estimate of drug-likeness (QED) is 0.549. The number of amides is 1. The third-order valence-electron chi connectivity index (χ3n) is 3.84. The van der Waals surface area contributed by atoms with Crippen LogP contribution in [-0.4, -0.2) is 25.6 Å². The molecule has 0 saturated carbocycles. The van der Waals surface area contributed by atoms with Crippen molar-refractivity contribution in [2.45, 2.75) is 6.92 Å². The number of methoxy groups -OCH3 is 1. The molecule has 27 heavy (non-hydrogen) atoms. The van der Waals surface area contributed by atoms with E-state index in [1.807, 2.05) is 0 Å². The summed E-state index contributed by atoms with van der Waals surface area (Å²) in [7, 11) is 1.47. The maximum Gasteiger partial charge on any atom is 0.349 e. The fraction of sp³-hybridized carbons (Fsp3) is 0.150. The molecule has 3 aromatic rings. The van der Waals surface area contributed by atoms with Crippen molar-refractivity contribution in [2.75, 3.05) is 19.0 Å². The van der Waals surface area contributed by atoms with E-state index in [1.54, 1.807) is 37.3 Å². The first kappa shape index (κ1) is 18.2. The minimum atomic E-state index is -0.771. The van der Waals surface area contributed by atoms with Crippen molar-refractivity contribution in [3.05, 3.63) is 70.1 Å². The van der Waals surface area contributed by atoms with Gasteiger partial charge in [0.1, 0.15) is 5.56 Å². The molecule has 0 spiro atoms. The van der Waals surface area contributed by atoms with Gasteiger partial charge in [-0.2, -0.15) is 0 Å². The lowest BCUT2D eigenvalue weighted by Gasteiger charge is -2.08. The second-order valence-electron chi connectivity index (χ2n) is 5.58. The summed E-state index contributed by atoms with van der Waals surface area (Å²) in [5, 5.41) is 3.17. The van der Waals surface area contributed by atoms with Crippen LogP contribution in [0.15, 0.2) is 57.7 Å². The summed E-state index contributed by atoms with van der Waals surface area (Å²) in [6.45, 7) is 2.00. The highest BCUT2D eigenvalue weighted by molar-refractivity contribution is 6.05. The number of para-hydroxylation sites is 1. The maximum atomic E-state index is 12.5. The molecule has 7 heteroatoms. The number of esters is 1. The van der Waals surface area contributed by atoms with Crippen molar-refractivity contribution in [3.8, 4) is 5.75 Å². The molecule has 1 heterocycles. The van der Waals surface area contributed by atoms with E-state index < -0.39 is 17.5 Å². The van der Waals surface area contributed by atoms with E-state index in [0.717, 1.165) is 0 Å². The number of carbonyl (C=O) groups excluding carboxylic acids is 2. The van der Waals surface area contributed by atoms with Crippen LogP contribution in [0.3, 0.4) is 0 Å². The molecule has 0 bridgehead atoms. The minimum absolute atomic E-state index is 0.134. The van der Waals surface area contributed by atoms with Crippen LogP contribution in [0.1, 0.15) is 27.6 Å². The Morgan fingerprint density at radius 1 is 1.11 bits per heavy atom. The monoisotopic (exact) mass is 367 g/mol. The van der Waals surface area contributed by atoms with Gasteiger partial charge in [-0.3, -0.25) is 4.79 Å². The average molecular weight is 367 g/mol. The first-order valence-electron chi connectivity index (χ1n) is 8.23. The van der Waals surface area contributed by atoms with Crippen LogP contribution in [0, 0.1) is 0 Å². The smallest absolute Gasteiger partial charge is 0.349 e. The van der Waals surface area contributed by atoms with E-state index in [1.165, 1.54) is 25.3 Å². The van der Waals surface area contributed by atoms with Gasteiger partial charge in [0.15, 0.2) is 11.3 Å². The Morgan fingerprint density at radius 2 is 1.85 bits per heavy atom. The molecule has 1 aromatic heterocycles. The van der Waals surface area contributed by atoms with Gasteiger partial charge in [-0.1, -0.05) is 12.1 Å². The molecule has 0 aliphatic carbocycles. The highest BCUT2D eigenvalue weighted by atomic mass is 16.5. The molecule has 0 fully saturated rings. The maximum absolute atomic E-state index is 12.5. The summed E-state index contributed by atoms with van der Waals surface area (Å²) in [5.41, 5.74) is 0.170. The Morgan fingerprint density at radius 3 is 2.52 bits per heavy atom. The zero-order valence-corrected chi connectivity index (χ0v) is 14.8. The molecule has 0 saturated heterocycles. The number of ether oxygens (including phenoxy) is 2. The number of carbonyl (C=O) groups is 2. The van der Waals surface area contributed by atoms with Gasteiger partial charge >= 0.3 is 11.6 Å². The Hall–Kier alpha value is -3.61. The van der Waals surface area contributed by atoms with E-state index in [9.17, 15) is 14.4 Å². The van der Waals surface area contributed by atoms with Gasteiger partial charge in [0.2, 0.25) is 0 Å². The number of hydrogen-bond acceptors (Lipinski definition) is 6. The molecule has 7 nitrogen and oxygen atoms in total. The van der Waals surface area contributed by atoms with Crippen LogP contribution in [0.25, 0.3) is 11.0 Å². The van der Waals surface area contributed by atoms with Crippen LogP contribution in [-0.2, 0) is 4.74 Å². The van der Waals surface area contributed by atoms with Crippen molar-refractivity contribution in [3.63, 3.8) is 0 Å². The third kappa shape index (κ3) is 3.82. The molecule has 138 valence electrons. The van der Waals surface area contributed by atoms with E-state index in [4.69, 9.17) is 13.9 Å². The Kier molecular flexibility index (Phi) is 5.21. The molecule has 2 aromatic carbocycles. The van der Waals surface area contributed by atoms with Crippen molar-refractivity contribution < 1.29 is 23.5 Å². The molecule has 0 radical (unpaired) electrons. The summed E-state index contributed by atoms with van der Waals surface area (Å²) in [6.07, 6.45) is 0. The van der Waals surface area contributed by atoms with Crippen molar-refractivity contribution in [1.29, 1.82) is 0 Å². The lowest BCUT2D eigenvalue weighted by atomic mass is 10.1. The second kappa shape index (κ2) is 7.74. The van der Waals surface area contributed by atoms with Gasteiger partial charge in [0.05, 0.1) is 19.3 Å². The SMILES string of the molecule is CCOC(=O)c1ccc(NC(=O)c2cc3cccc(OC)c3oc2=O)cc1. The van der Waals surface area contributed by atoms with Crippen molar-refractivity contribution >= 4 is 28.5 Å².